The van der Waals surface area contributed by atoms with Crippen LogP contribution in [0.3, 0.4) is 0 Å². The van der Waals surface area contributed by atoms with Crippen LogP contribution in [0.25, 0.3) is 10.8 Å². The van der Waals surface area contributed by atoms with Crippen molar-refractivity contribution in [3.63, 3.8) is 0 Å². The van der Waals surface area contributed by atoms with Crippen molar-refractivity contribution in [3.05, 3.63) is 72.3 Å². The molecule has 0 aliphatic carbocycles. The van der Waals surface area contributed by atoms with Crippen molar-refractivity contribution in [1.82, 2.24) is 0 Å². The molecule has 3 N–H and O–H groups in total. The average Bonchev–Trinajstić information content (AvgIpc) is 2.55. The molecule has 0 spiro atoms. The van der Waals surface area contributed by atoms with E-state index in [0.29, 0.717) is 16.7 Å². The van der Waals surface area contributed by atoms with Gasteiger partial charge in [0.25, 0.3) is 5.76 Å². The molecule has 118 valence electrons. The molecular weight excluding hydrogens is 314 g/mol. The molecule has 0 radical (unpaired) electrons. The minimum Gasteiger partial charge on any atom is -0.366 e. The minimum absolute atomic E-state index is 0.380. The number of nitrogens with one attached hydrogen (secondary N) is 1. The Morgan fingerprint density at radius 3 is 2.30 bits per heavy atom. The zero-order chi connectivity index (χ0) is 16.2. The molecule has 1 atom stereocenters. The van der Waals surface area contributed by atoms with Crippen molar-refractivity contribution in [2.75, 3.05) is 5.32 Å². The van der Waals surface area contributed by atoms with Crippen molar-refractivity contribution in [2.24, 2.45) is 5.73 Å². The van der Waals surface area contributed by atoms with E-state index in [-0.39, 0.29) is 6.17 Å². The van der Waals surface area contributed by atoms with Gasteiger partial charge < -0.3 is 11.1 Å². The molecule has 0 heterocycles. The van der Waals surface area contributed by atoms with Crippen LogP contribution in [0.15, 0.2) is 71.6 Å². The fourth-order valence-electron chi connectivity index (χ4n) is 2.51. The molecule has 0 fully saturated rings. The fraction of sp³-hybridized carbons (Fsp3) is 0.111. The van der Waals surface area contributed by atoms with Crippen LogP contribution in [0.1, 0.15) is 11.7 Å². The first-order valence-electron chi connectivity index (χ1n) is 7.18. The highest BCUT2D eigenvalue weighted by molar-refractivity contribution is 7.99. The monoisotopic (exact) mass is 330 g/mol. The highest BCUT2D eigenvalue weighted by atomic mass is 32.2. The number of nitrogens with two attached hydrogens (primary N) is 1. The van der Waals surface area contributed by atoms with Crippen LogP contribution in [0.4, 0.5) is 14.5 Å². The van der Waals surface area contributed by atoms with Gasteiger partial charge in [0.05, 0.1) is 0 Å². The van der Waals surface area contributed by atoms with Gasteiger partial charge in [0, 0.05) is 10.6 Å². The van der Waals surface area contributed by atoms with E-state index in [2.05, 4.69) is 5.32 Å². The third kappa shape index (κ3) is 3.81. The predicted octanol–water partition coefficient (Wildman–Crippen LogP) is 5.22. The molecule has 0 bridgehead atoms. The Kier molecular flexibility index (Phi) is 4.79. The Labute approximate surface area is 137 Å². The SMILES string of the molecule is NC(Nc1ccc(SC(F)F)cc1)c1cccc2ccccc12. The van der Waals surface area contributed by atoms with Gasteiger partial charge in [-0.25, -0.2) is 0 Å². The molecule has 2 nitrogen and oxygen atoms in total. The summed E-state index contributed by atoms with van der Waals surface area (Å²) in [6.07, 6.45) is -0.380. The summed E-state index contributed by atoms with van der Waals surface area (Å²) in [6, 6.07) is 20.9. The van der Waals surface area contributed by atoms with Gasteiger partial charge in [-0.2, -0.15) is 8.78 Å². The molecule has 0 amide bonds. The van der Waals surface area contributed by atoms with Crippen LogP contribution in [0.2, 0.25) is 0 Å². The quantitative estimate of drug-likeness (QED) is 0.497. The van der Waals surface area contributed by atoms with Crippen molar-refractivity contribution in [3.8, 4) is 0 Å². The number of rotatable bonds is 5. The van der Waals surface area contributed by atoms with Gasteiger partial charge in [-0.1, -0.05) is 54.2 Å². The summed E-state index contributed by atoms with van der Waals surface area (Å²) in [5.74, 6) is -2.41. The summed E-state index contributed by atoms with van der Waals surface area (Å²) in [6.45, 7) is 0. The number of benzene rings is 3. The van der Waals surface area contributed by atoms with E-state index in [4.69, 9.17) is 5.73 Å². The fourth-order valence-corrected chi connectivity index (χ4v) is 3.01. The Morgan fingerprint density at radius 1 is 0.870 bits per heavy atom. The molecule has 5 heteroatoms. The number of hydrogen-bond donors (Lipinski definition) is 2. The normalized spacial score (nSPS) is 12.5. The van der Waals surface area contributed by atoms with Crippen LogP contribution in [0.5, 0.6) is 0 Å². The van der Waals surface area contributed by atoms with Crippen molar-refractivity contribution in [1.29, 1.82) is 0 Å². The maximum atomic E-state index is 12.3. The molecule has 0 saturated heterocycles. The maximum Gasteiger partial charge on any atom is 0.288 e. The summed E-state index contributed by atoms with van der Waals surface area (Å²) < 4.78 is 24.7. The van der Waals surface area contributed by atoms with Gasteiger partial charge in [0.15, 0.2) is 0 Å². The van der Waals surface area contributed by atoms with E-state index >= 15 is 0 Å². The highest BCUT2D eigenvalue weighted by Crippen LogP contribution is 2.28. The summed E-state index contributed by atoms with van der Waals surface area (Å²) in [5, 5.41) is 5.44. The summed E-state index contributed by atoms with van der Waals surface area (Å²) in [5.41, 5.74) is 8.07. The number of fused-ring (bicyclic) bond motifs is 1. The van der Waals surface area contributed by atoms with Crippen LogP contribution in [-0.2, 0) is 0 Å². The first-order chi connectivity index (χ1) is 11.1. The standard InChI is InChI=1S/C18H16F2N2S/c19-18(20)23-14-10-8-13(9-11-14)22-17(21)16-7-3-5-12-4-1-2-6-15(12)16/h1-11,17-18,22H,21H2. The molecule has 3 rings (SSSR count). The lowest BCUT2D eigenvalue weighted by atomic mass is 10.0. The molecule has 0 aromatic heterocycles. The minimum atomic E-state index is -2.41. The Morgan fingerprint density at radius 2 is 1.57 bits per heavy atom. The average molecular weight is 330 g/mol. The second-order valence-corrected chi connectivity index (χ2v) is 6.16. The smallest absolute Gasteiger partial charge is 0.288 e. The first-order valence-corrected chi connectivity index (χ1v) is 8.06. The van der Waals surface area contributed by atoms with Gasteiger partial charge in [-0.05, 0) is 40.6 Å². The summed E-state index contributed by atoms with van der Waals surface area (Å²) in [4.78, 5) is 0.532. The van der Waals surface area contributed by atoms with Crippen LogP contribution in [0, 0.1) is 0 Å². The Balaban J connectivity index is 1.79. The number of halogens is 2. The topological polar surface area (TPSA) is 38.0 Å². The lowest BCUT2D eigenvalue weighted by Gasteiger charge is -2.18. The maximum absolute atomic E-state index is 12.3. The van der Waals surface area contributed by atoms with Crippen molar-refractivity contribution >= 4 is 28.2 Å². The summed E-state index contributed by atoms with van der Waals surface area (Å²) >= 11 is 0.532. The van der Waals surface area contributed by atoms with Gasteiger partial charge in [-0.3, -0.25) is 0 Å². The van der Waals surface area contributed by atoms with Crippen molar-refractivity contribution in [2.45, 2.75) is 16.8 Å². The van der Waals surface area contributed by atoms with E-state index in [9.17, 15) is 8.78 Å². The van der Waals surface area contributed by atoms with Gasteiger partial charge >= 0.3 is 0 Å². The molecule has 23 heavy (non-hydrogen) atoms. The van der Waals surface area contributed by atoms with E-state index in [1.54, 1.807) is 24.3 Å². The first kappa shape index (κ1) is 15.8. The van der Waals surface area contributed by atoms with Gasteiger partial charge in [0.1, 0.15) is 6.17 Å². The number of anilines is 1. The molecule has 0 saturated carbocycles. The number of thioether (sulfide) groups is 1. The molecule has 0 aliphatic rings. The third-order valence-electron chi connectivity index (χ3n) is 3.56. The number of alkyl halides is 2. The van der Waals surface area contributed by atoms with E-state index in [1.165, 1.54) is 0 Å². The summed E-state index contributed by atoms with van der Waals surface area (Å²) in [7, 11) is 0. The zero-order valence-electron chi connectivity index (χ0n) is 12.2. The van der Waals surface area contributed by atoms with Crippen LogP contribution in [-0.4, -0.2) is 5.76 Å². The van der Waals surface area contributed by atoms with Gasteiger partial charge in [0.2, 0.25) is 0 Å². The van der Waals surface area contributed by atoms with Gasteiger partial charge in [-0.15, -0.1) is 0 Å². The molecule has 3 aromatic carbocycles. The molecule has 3 aromatic rings. The van der Waals surface area contributed by atoms with E-state index in [1.807, 2.05) is 42.5 Å². The van der Waals surface area contributed by atoms with Crippen LogP contribution >= 0.6 is 11.8 Å². The lowest BCUT2D eigenvalue weighted by molar-refractivity contribution is 0.252. The largest absolute Gasteiger partial charge is 0.366 e. The second kappa shape index (κ2) is 6.98. The zero-order valence-corrected chi connectivity index (χ0v) is 13.1. The number of hydrogen-bond acceptors (Lipinski definition) is 3. The molecule has 0 aliphatic heterocycles. The molecular formula is C18H16F2N2S. The molecule has 1 unspecified atom stereocenters. The van der Waals surface area contributed by atoms with E-state index < -0.39 is 5.76 Å². The van der Waals surface area contributed by atoms with Crippen molar-refractivity contribution < 1.29 is 8.78 Å². The Bertz CT molecular complexity index is 785. The second-order valence-electron chi connectivity index (χ2n) is 5.09. The Hall–Kier alpha value is -2.11. The van der Waals surface area contributed by atoms with E-state index in [0.717, 1.165) is 22.0 Å². The lowest BCUT2D eigenvalue weighted by Crippen LogP contribution is -2.20. The van der Waals surface area contributed by atoms with Crippen LogP contribution < -0.4 is 11.1 Å². The predicted molar refractivity (Wildman–Crippen MR) is 92.8 cm³/mol. The third-order valence-corrected chi connectivity index (χ3v) is 4.28. The highest BCUT2D eigenvalue weighted by Gasteiger charge is 2.10.